The van der Waals surface area contributed by atoms with Crippen LogP contribution in [0.4, 0.5) is 17.1 Å². The van der Waals surface area contributed by atoms with Crippen LogP contribution in [-0.2, 0) is 16.1 Å². The van der Waals surface area contributed by atoms with Crippen LogP contribution < -0.4 is 20.7 Å². The molecule has 0 aliphatic rings. The quantitative estimate of drug-likeness (QED) is 0.517. The van der Waals surface area contributed by atoms with Crippen LogP contribution in [-0.4, -0.2) is 34.4 Å². The lowest BCUT2D eigenvalue weighted by atomic mass is 10.1. The largest absolute Gasteiger partial charge is 0.497 e. The van der Waals surface area contributed by atoms with E-state index in [4.69, 9.17) is 4.74 Å². The molecule has 160 valence electrons. The monoisotopic (exact) mass is 421 g/mol. The van der Waals surface area contributed by atoms with Gasteiger partial charge in [-0.15, -0.1) is 0 Å². The van der Waals surface area contributed by atoms with Crippen LogP contribution in [0.3, 0.4) is 0 Å². The molecule has 0 atom stereocenters. The summed E-state index contributed by atoms with van der Waals surface area (Å²) < 4.78 is 7.01. The summed E-state index contributed by atoms with van der Waals surface area (Å²) in [6, 6.07) is 11.6. The van der Waals surface area contributed by atoms with Crippen LogP contribution in [0.5, 0.6) is 5.75 Å². The molecule has 0 bridgehead atoms. The molecule has 0 fully saturated rings. The van der Waals surface area contributed by atoms with E-state index in [1.807, 2.05) is 4.57 Å². The van der Waals surface area contributed by atoms with E-state index in [0.29, 0.717) is 34.9 Å². The van der Waals surface area contributed by atoms with Gasteiger partial charge >= 0.3 is 0 Å². The van der Waals surface area contributed by atoms with Gasteiger partial charge in [0, 0.05) is 49.6 Å². The summed E-state index contributed by atoms with van der Waals surface area (Å²) >= 11 is 0. The predicted octanol–water partition coefficient (Wildman–Crippen LogP) is 3.13. The molecular formula is C22H23N5O4. The first-order valence-electron chi connectivity index (χ1n) is 9.57. The van der Waals surface area contributed by atoms with Gasteiger partial charge in [0.05, 0.1) is 24.8 Å². The smallest absolute Gasteiger partial charge is 0.255 e. The Labute approximate surface area is 179 Å². The average molecular weight is 421 g/mol. The van der Waals surface area contributed by atoms with Crippen LogP contribution in [0.15, 0.2) is 61.2 Å². The van der Waals surface area contributed by atoms with Crippen molar-refractivity contribution in [2.24, 2.45) is 0 Å². The van der Waals surface area contributed by atoms with Gasteiger partial charge < -0.3 is 25.3 Å². The van der Waals surface area contributed by atoms with E-state index < -0.39 is 5.91 Å². The van der Waals surface area contributed by atoms with Crippen molar-refractivity contribution in [1.29, 1.82) is 0 Å². The van der Waals surface area contributed by atoms with Crippen molar-refractivity contribution in [1.82, 2.24) is 9.55 Å². The Hall–Kier alpha value is -4.14. The van der Waals surface area contributed by atoms with Gasteiger partial charge in [0.15, 0.2) is 0 Å². The maximum atomic E-state index is 12.8. The number of rotatable bonds is 8. The zero-order chi connectivity index (χ0) is 22.2. The first-order chi connectivity index (χ1) is 14.9. The first kappa shape index (κ1) is 21.6. The van der Waals surface area contributed by atoms with Gasteiger partial charge in [0.2, 0.25) is 11.8 Å². The summed E-state index contributed by atoms with van der Waals surface area (Å²) in [6.07, 6.45) is 5.36. The van der Waals surface area contributed by atoms with Crippen LogP contribution in [0, 0.1) is 0 Å². The van der Waals surface area contributed by atoms with Gasteiger partial charge in [-0.25, -0.2) is 4.98 Å². The molecule has 31 heavy (non-hydrogen) atoms. The second-order valence-corrected chi connectivity index (χ2v) is 6.73. The van der Waals surface area contributed by atoms with Crippen LogP contribution in [0.1, 0.15) is 23.7 Å². The predicted molar refractivity (Wildman–Crippen MR) is 117 cm³/mol. The van der Waals surface area contributed by atoms with Crippen LogP contribution >= 0.6 is 0 Å². The molecule has 3 aromatic rings. The van der Waals surface area contributed by atoms with E-state index in [-0.39, 0.29) is 18.2 Å². The number of carbonyl (C=O) groups excluding carboxylic acids is 3. The average Bonchev–Trinajstić information content (AvgIpc) is 3.27. The SMILES string of the molecule is COc1ccc(NC(C)=O)c(NC(=O)c2cccc(NC(=O)CCn3ccnc3)c2)c1. The summed E-state index contributed by atoms with van der Waals surface area (Å²) in [6.45, 7) is 1.89. The van der Waals surface area contributed by atoms with Gasteiger partial charge in [-0.05, 0) is 30.3 Å². The Morgan fingerprint density at radius 2 is 1.87 bits per heavy atom. The number of imidazole rings is 1. The van der Waals surface area contributed by atoms with E-state index in [9.17, 15) is 14.4 Å². The summed E-state index contributed by atoms with van der Waals surface area (Å²) in [5, 5.41) is 8.24. The van der Waals surface area contributed by atoms with Gasteiger partial charge in [-0.2, -0.15) is 0 Å². The highest BCUT2D eigenvalue weighted by Crippen LogP contribution is 2.28. The van der Waals surface area contributed by atoms with Crippen LogP contribution in [0.25, 0.3) is 0 Å². The third kappa shape index (κ3) is 6.17. The number of carbonyl (C=O) groups is 3. The minimum Gasteiger partial charge on any atom is -0.497 e. The molecule has 3 amide bonds. The molecule has 3 rings (SSSR count). The number of benzene rings is 2. The summed E-state index contributed by atoms with van der Waals surface area (Å²) in [7, 11) is 1.51. The number of methoxy groups -OCH3 is 1. The molecular weight excluding hydrogens is 398 g/mol. The lowest BCUT2D eigenvalue weighted by Gasteiger charge is -2.13. The molecule has 1 heterocycles. The van der Waals surface area contributed by atoms with Crippen molar-refractivity contribution < 1.29 is 19.1 Å². The third-order valence-electron chi connectivity index (χ3n) is 4.35. The molecule has 0 saturated carbocycles. The van der Waals surface area contributed by atoms with Crippen LogP contribution in [0.2, 0.25) is 0 Å². The summed E-state index contributed by atoms with van der Waals surface area (Å²) in [4.78, 5) is 40.4. The maximum Gasteiger partial charge on any atom is 0.255 e. The molecule has 0 unspecified atom stereocenters. The second-order valence-electron chi connectivity index (χ2n) is 6.73. The Morgan fingerprint density at radius 3 is 2.58 bits per heavy atom. The number of aryl methyl sites for hydroxylation is 1. The van der Waals surface area contributed by atoms with Gasteiger partial charge in [0.1, 0.15) is 5.75 Å². The highest BCUT2D eigenvalue weighted by atomic mass is 16.5. The van der Waals surface area contributed by atoms with Gasteiger partial charge in [-0.3, -0.25) is 14.4 Å². The first-order valence-corrected chi connectivity index (χ1v) is 9.57. The fourth-order valence-electron chi connectivity index (χ4n) is 2.86. The Balaban J connectivity index is 1.68. The maximum absolute atomic E-state index is 12.8. The zero-order valence-electron chi connectivity index (χ0n) is 17.2. The number of ether oxygens (including phenoxy) is 1. The van der Waals surface area contributed by atoms with E-state index in [1.54, 1.807) is 61.2 Å². The van der Waals surface area contributed by atoms with Crippen molar-refractivity contribution in [3.63, 3.8) is 0 Å². The second kappa shape index (κ2) is 10.1. The highest BCUT2D eigenvalue weighted by Gasteiger charge is 2.13. The molecule has 3 N–H and O–H groups in total. The van der Waals surface area contributed by atoms with E-state index in [2.05, 4.69) is 20.9 Å². The number of anilines is 3. The van der Waals surface area contributed by atoms with Gasteiger partial charge in [0.25, 0.3) is 5.91 Å². The number of hydrogen-bond donors (Lipinski definition) is 3. The fraction of sp³-hybridized carbons (Fsp3) is 0.182. The van der Waals surface area contributed by atoms with Crippen molar-refractivity contribution in [3.05, 3.63) is 66.7 Å². The Bertz CT molecular complexity index is 1080. The Morgan fingerprint density at radius 1 is 1.03 bits per heavy atom. The third-order valence-corrected chi connectivity index (χ3v) is 4.35. The standard InChI is InChI=1S/C22H23N5O4/c1-15(28)24-19-7-6-18(31-2)13-20(19)26-22(30)16-4-3-5-17(12-16)25-21(29)8-10-27-11-9-23-14-27/h3-7,9,11-14H,8,10H2,1-2H3,(H,24,28)(H,25,29)(H,26,30). The van der Waals surface area contributed by atoms with Crippen molar-refractivity contribution in [3.8, 4) is 5.75 Å². The van der Waals surface area contributed by atoms with Crippen molar-refractivity contribution >= 4 is 34.8 Å². The number of hydrogen-bond acceptors (Lipinski definition) is 5. The Kier molecular flexibility index (Phi) is 7.00. The molecule has 1 aromatic heterocycles. The number of nitrogens with zero attached hydrogens (tertiary/aromatic N) is 2. The van der Waals surface area contributed by atoms with Crippen molar-refractivity contribution in [2.75, 3.05) is 23.1 Å². The zero-order valence-corrected chi connectivity index (χ0v) is 17.2. The minimum atomic E-state index is -0.394. The molecule has 0 aliphatic heterocycles. The topological polar surface area (TPSA) is 114 Å². The molecule has 9 nitrogen and oxygen atoms in total. The molecule has 0 aliphatic carbocycles. The van der Waals surface area contributed by atoms with E-state index in [1.165, 1.54) is 14.0 Å². The molecule has 2 aromatic carbocycles. The van der Waals surface area contributed by atoms with E-state index >= 15 is 0 Å². The minimum absolute atomic E-state index is 0.174. The number of nitrogens with one attached hydrogen (secondary N) is 3. The van der Waals surface area contributed by atoms with E-state index in [0.717, 1.165) is 0 Å². The van der Waals surface area contributed by atoms with Gasteiger partial charge in [-0.1, -0.05) is 6.07 Å². The number of amides is 3. The molecule has 0 spiro atoms. The highest BCUT2D eigenvalue weighted by molar-refractivity contribution is 6.08. The number of aromatic nitrogens is 2. The molecule has 0 radical (unpaired) electrons. The fourth-order valence-corrected chi connectivity index (χ4v) is 2.86. The lowest BCUT2D eigenvalue weighted by molar-refractivity contribution is -0.116. The normalized spacial score (nSPS) is 10.3. The summed E-state index contributed by atoms with van der Waals surface area (Å²) in [5.74, 6) is -0.300. The van der Waals surface area contributed by atoms with Crippen molar-refractivity contribution in [2.45, 2.75) is 19.9 Å². The summed E-state index contributed by atoms with van der Waals surface area (Å²) in [5.41, 5.74) is 1.71. The molecule has 0 saturated heterocycles. The molecule has 9 heteroatoms. The lowest BCUT2D eigenvalue weighted by Crippen LogP contribution is -2.17.